The van der Waals surface area contributed by atoms with Crippen LogP contribution in [-0.4, -0.2) is 79.9 Å². The van der Waals surface area contributed by atoms with Gasteiger partial charge in [-0.3, -0.25) is 9.59 Å². The molecule has 2 atom stereocenters. The molecule has 0 fully saturated rings. The van der Waals surface area contributed by atoms with E-state index >= 15 is 0 Å². The molecule has 0 spiro atoms. The number of rotatable bonds is 7. The van der Waals surface area contributed by atoms with Gasteiger partial charge in [0.25, 0.3) is 0 Å². The third-order valence-corrected chi connectivity index (χ3v) is 2.82. The fourth-order valence-corrected chi connectivity index (χ4v) is 1.74. The van der Waals surface area contributed by atoms with Crippen molar-refractivity contribution >= 4 is 55.6 Å². The van der Waals surface area contributed by atoms with Crippen LogP contribution in [0.1, 0.15) is 14.8 Å². The van der Waals surface area contributed by atoms with Crippen molar-refractivity contribution in [3.63, 3.8) is 0 Å². The Hall–Kier alpha value is -1.15. The van der Waals surface area contributed by atoms with Crippen molar-refractivity contribution < 1.29 is 27.1 Å². The van der Waals surface area contributed by atoms with E-state index in [9.17, 15) is 14.4 Å². The molecule has 0 aliphatic carbocycles. The van der Waals surface area contributed by atoms with E-state index in [4.69, 9.17) is 10.8 Å². The number of nitrogens with one attached hydrogen (secondary N) is 1. The predicted octanol–water partition coefficient (Wildman–Crippen LogP) is -0.467. The number of methoxy groups -OCH3 is 1. The number of carboxylic acids is 1. The minimum atomic E-state index is -1.22. The Morgan fingerprint density at radius 3 is 2.41 bits per heavy atom. The van der Waals surface area contributed by atoms with Gasteiger partial charge in [0.1, 0.15) is 6.04 Å². The first kappa shape index (κ1) is 20.8. The third-order valence-electron chi connectivity index (χ3n) is 2.82. The van der Waals surface area contributed by atoms with E-state index in [1.807, 2.05) is 18.2 Å². The number of carboxylic acid groups (broad SMARTS) is 1. The number of amides is 1. The number of esters is 1. The van der Waals surface area contributed by atoms with E-state index < -0.39 is 36.4 Å². The predicted molar refractivity (Wildman–Crippen MR) is 82.3 cm³/mol. The summed E-state index contributed by atoms with van der Waals surface area (Å²) in [5.74, 6) is -2.51. The van der Waals surface area contributed by atoms with Crippen molar-refractivity contribution in [2.75, 3.05) is 7.11 Å². The van der Waals surface area contributed by atoms with E-state index in [-0.39, 0.29) is 47.0 Å². The summed E-state index contributed by atoms with van der Waals surface area (Å²) < 4.78 is 4.64. The van der Waals surface area contributed by atoms with Crippen LogP contribution in [0.4, 0.5) is 0 Å². The van der Waals surface area contributed by atoms with Crippen LogP contribution in [0.5, 0.6) is 0 Å². The van der Waals surface area contributed by atoms with Crippen LogP contribution in [0, 0.1) is 0 Å². The summed E-state index contributed by atoms with van der Waals surface area (Å²) in [7, 11) is 1.21. The van der Waals surface area contributed by atoms with Gasteiger partial charge in [-0.2, -0.15) is 0 Å². The minimum absolute atomic E-state index is 0. The smallest absolute Gasteiger partial charge is 1.00 e. The maximum Gasteiger partial charge on any atom is 2.00 e. The normalized spacial score (nSPS) is 12.5. The fourth-order valence-electron chi connectivity index (χ4n) is 1.74. The molecule has 0 aromatic heterocycles. The van der Waals surface area contributed by atoms with Gasteiger partial charge in [-0.05, 0) is 5.56 Å². The first-order valence-corrected chi connectivity index (χ1v) is 6.33. The zero-order valence-corrected chi connectivity index (χ0v) is 14.5. The van der Waals surface area contributed by atoms with E-state index in [0.717, 1.165) is 5.56 Å². The van der Waals surface area contributed by atoms with E-state index in [1.54, 1.807) is 12.1 Å². The Kier molecular flexibility index (Phi) is 10.0. The molecule has 8 heteroatoms. The number of benzene rings is 1. The van der Waals surface area contributed by atoms with Crippen LogP contribution in [0.25, 0.3) is 0 Å². The van der Waals surface area contributed by atoms with Gasteiger partial charge in [0, 0.05) is 6.42 Å². The summed E-state index contributed by atoms with van der Waals surface area (Å²) in [4.78, 5) is 34.0. The Bertz CT molecular complexity index is 519. The molecule has 118 valence electrons. The van der Waals surface area contributed by atoms with Crippen LogP contribution in [0.2, 0.25) is 0 Å². The molecule has 1 aromatic carbocycles. The molecule has 4 N–H and O–H groups in total. The standard InChI is InChI=1S/C14H18N2O5.Ca.2H/c1-21-14(20)11(7-9-5-3-2-4-6-9)16-13(19)10(15)8-12(17)18;;;/h2-6,10-11H,7-8,15H2,1H3,(H,16,19)(H,17,18);;;/q;+2;2*-1/t10-,11-;;;/m0.../s1. The van der Waals surface area contributed by atoms with E-state index in [2.05, 4.69) is 10.1 Å². The van der Waals surface area contributed by atoms with Crippen molar-refractivity contribution in [1.29, 1.82) is 0 Å². The number of hydrogen-bond acceptors (Lipinski definition) is 5. The largest absolute Gasteiger partial charge is 2.00 e. The molecule has 0 aliphatic heterocycles. The average molecular weight is 336 g/mol. The van der Waals surface area contributed by atoms with Crippen molar-refractivity contribution in [3.05, 3.63) is 35.9 Å². The van der Waals surface area contributed by atoms with Gasteiger partial charge in [-0.25, -0.2) is 4.79 Å². The Morgan fingerprint density at radius 1 is 1.32 bits per heavy atom. The summed E-state index contributed by atoms with van der Waals surface area (Å²) in [6.45, 7) is 0. The molecule has 1 amide bonds. The van der Waals surface area contributed by atoms with Gasteiger partial charge in [0.2, 0.25) is 5.91 Å². The van der Waals surface area contributed by atoms with Crippen molar-refractivity contribution in [3.8, 4) is 0 Å². The van der Waals surface area contributed by atoms with Gasteiger partial charge >= 0.3 is 49.7 Å². The van der Waals surface area contributed by atoms with Gasteiger partial charge in [0.05, 0.1) is 19.6 Å². The summed E-state index contributed by atoms with van der Waals surface area (Å²) in [6, 6.07) is 6.93. The molecule has 0 bridgehead atoms. The summed E-state index contributed by atoms with van der Waals surface area (Å²) in [6.07, 6.45) is -0.274. The molecule has 0 saturated carbocycles. The number of carbonyl (C=O) groups is 3. The minimum Gasteiger partial charge on any atom is -1.00 e. The Balaban J connectivity index is -0.00000147. The number of ether oxygens (including phenoxy) is 1. The molecule has 0 unspecified atom stereocenters. The molecular weight excluding hydrogens is 316 g/mol. The van der Waals surface area contributed by atoms with Crippen LogP contribution < -0.4 is 11.1 Å². The van der Waals surface area contributed by atoms with Crippen LogP contribution >= 0.6 is 0 Å². The maximum atomic E-state index is 11.8. The number of hydrogen-bond donors (Lipinski definition) is 3. The molecule has 22 heavy (non-hydrogen) atoms. The summed E-state index contributed by atoms with van der Waals surface area (Å²) >= 11 is 0. The first-order chi connectivity index (χ1) is 9.93. The first-order valence-electron chi connectivity index (χ1n) is 6.33. The van der Waals surface area contributed by atoms with Crippen LogP contribution in [-0.2, 0) is 25.5 Å². The maximum absolute atomic E-state index is 11.8. The molecular formula is C14H20CaN2O5. The van der Waals surface area contributed by atoms with Gasteiger partial charge < -0.3 is 23.7 Å². The summed E-state index contributed by atoms with van der Waals surface area (Å²) in [5.41, 5.74) is 6.29. The molecule has 1 rings (SSSR count). The molecule has 7 nitrogen and oxygen atoms in total. The van der Waals surface area contributed by atoms with E-state index in [0.29, 0.717) is 0 Å². The SMILES string of the molecule is COC(=O)[C@H](Cc1ccccc1)NC(=O)[C@@H](N)CC(=O)O.[Ca+2].[H-].[H-]. The second kappa shape index (κ2) is 10.6. The molecule has 0 aliphatic rings. The molecule has 0 heterocycles. The zero-order valence-electron chi connectivity index (χ0n) is 14.3. The van der Waals surface area contributed by atoms with Gasteiger partial charge in [-0.1, -0.05) is 30.3 Å². The third kappa shape index (κ3) is 7.22. The number of nitrogens with two attached hydrogens (primary N) is 1. The second-order valence-electron chi connectivity index (χ2n) is 4.48. The van der Waals surface area contributed by atoms with Crippen LogP contribution in [0.15, 0.2) is 30.3 Å². The van der Waals surface area contributed by atoms with Crippen molar-refractivity contribution in [2.45, 2.75) is 24.9 Å². The Labute approximate surface area is 161 Å². The number of carbonyl (C=O) groups excluding carboxylic acids is 2. The molecule has 1 aromatic rings. The Morgan fingerprint density at radius 2 is 1.91 bits per heavy atom. The van der Waals surface area contributed by atoms with Gasteiger partial charge in [-0.15, -0.1) is 0 Å². The fraction of sp³-hybridized carbons (Fsp3) is 0.357. The topological polar surface area (TPSA) is 119 Å². The quantitative estimate of drug-likeness (QED) is 0.458. The number of aliphatic carboxylic acids is 1. The second-order valence-corrected chi connectivity index (χ2v) is 4.48. The van der Waals surface area contributed by atoms with Crippen LogP contribution in [0.3, 0.4) is 0 Å². The van der Waals surface area contributed by atoms with Gasteiger partial charge in [0.15, 0.2) is 0 Å². The average Bonchev–Trinajstić information content (AvgIpc) is 2.46. The van der Waals surface area contributed by atoms with Crippen molar-refractivity contribution in [1.82, 2.24) is 5.32 Å². The molecule has 0 radical (unpaired) electrons. The molecule has 0 saturated heterocycles. The monoisotopic (exact) mass is 336 g/mol. The van der Waals surface area contributed by atoms with E-state index in [1.165, 1.54) is 7.11 Å². The summed E-state index contributed by atoms with van der Waals surface area (Å²) in [5, 5.41) is 11.0. The zero-order chi connectivity index (χ0) is 15.8. The van der Waals surface area contributed by atoms with Crippen molar-refractivity contribution in [2.24, 2.45) is 5.73 Å².